The molecule has 5 aromatic rings. The van der Waals surface area contributed by atoms with Gasteiger partial charge in [-0.2, -0.15) is 0 Å². The monoisotopic (exact) mass is 523 g/mol. The van der Waals surface area contributed by atoms with E-state index in [-0.39, 0.29) is 18.7 Å². The molecule has 8 nitrogen and oxygen atoms in total. The second-order valence-electron chi connectivity index (χ2n) is 8.88. The molecule has 0 saturated carbocycles. The highest BCUT2D eigenvalue weighted by molar-refractivity contribution is 5.98. The third kappa shape index (κ3) is 5.77. The lowest BCUT2D eigenvalue weighted by Gasteiger charge is -2.31. The van der Waals surface area contributed by atoms with Crippen molar-refractivity contribution in [2.24, 2.45) is 0 Å². The van der Waals surface area contributed by atoms with Crippen LogP contribution in [0.2, 0.25) is 0 Å². The number of hydrogen-bond acceptors (Lipinski definition) is 5. The maximum Gasteiger partial charge on any atom is 0.251 e. The van der Waals surface area contributed by atoms with Crippen molar-refractivity contribution in [3.8, 4) is 5.75 Å². The fourth-order valence-corrected chi connectivity index (χ4v) is 4.38. The van der Waals surface area contributed by atoms with Crippen LogP contribution in [0.3, 0.4) is 0 Å². The second-order valence-corrected chi connectivity index (χ2v) is 8.88. The van der Waals surface area contributed by atoms with Crippen LogP contribution in [0, 0.1) is 5.82 Å². The summed E-state index contributed by atoms with van der Waals surface area (Å²) in [5.74, 6) is -0.694. The van der Waals surface area contributed by atoms with Crippen LogP contribution in [-0.4, -0.2) is 38.8 Å². The van der Waals surface area contributed by atoms with Gasteiger partial charge in [-0.1, -0.05) is 65.9 Å². The van der Waals surface area contributed by atoms with Crippen LogP contribution in [0.25, 0.3) is 11.0 Å². The summed E-state index contributed by atoms with van der Waals surface area (Å²) in [6.07, 6.45) is 0. The number of nitrogens with zero attached hydrogens (tertiary/aromatic N) is 4. The molecule has 0 spiro atoms. The van der Waals surface area contributed by atoms with E-state index in [1.165, 1.54) is 15.6 Å². The van der Waals surface area contributed by atoms with Gasteiger partial charge in [0.05, 0.1) is 12.6 Å². The molecule has 9 heteroatoms. The molecule has 1 unspecified atom stereocenters. The van der Waals surface area contributed by atoms with E-state index < -0.39 is 23.7 Å². The Morgan fingerprint density at radius 1 is 0.923 bits per heavy atom. The predicted molar refractivity (Wildman–Crippen MR) is 145 cm³/mol. The quantitative estimate of drug-likeness (QED) is 0.294. The zero-order valence-electron chi connectivity index (χ0n) is 21.2. The molecule has 4 aromatic carbocycles. The normalized spacial score (nSPS) is 11.6. The molecule has 0 fully saturated rings. The highest BCUT2D eigenvalue weighted by atomic mass is 19.1. The van der Waals surface area contributed by atoms with E-state index in [2.05, 4.69) is 15.6 Å². The van der Waals surface area contributed by atoms with Crippen molar-refractivity contribution in [1.29, 1.82) is 0 Å². The molecule has 0 saturated heterocycles. The lowest BCUT2D eigenvalue weighted by Crippen LogP contribution is -2.42. The molecule has 2 amide bonds. The minimum atomic E-state index is -1.06. The second kappa shape index (κ2) is 11.6. The molecule has 5 rings (SSSR count). The Kier molecular flexibility index (Phi) is 7.58. The van der Waals surface area contributed by atoms with E-state index in [1.54, 1.807) is 79.9 Å². The number of halogens is 1. The number of anilines is 1. The van der Waals surface area contributed by atoms with E-state index in [1.807, 2.05) is 24.3 Å². The number of hydrogen-bond donors (Lipinski definition) is 1. The van der Waals surface area contributed by atoms with Crippen molar-refractivity contribution in [1.82, 2.24) is 19.9 Å². The molecular formula is C30H26FN5O3. The van der Waals surface area contributed by atoms with E-state index in [0.29, 0.717) is 28.0 Å². The van der Waals surface area contributed by atoms with Gasteiger partial charge in [0.15, 0.2) is 0 Å². The number of aromatic nitrogens is 3. The molecule has 0 aliphatic rings. The van der Waals surface area contributed by atoms with Crippen LogP contribution in [-0.2, 0) is 22.7 Å². The highest BCUT2D eigenvalue weighted by Crippen LogP contribution is 2.27. The minimum absolute atomic E-state index is 0.131. The molecule has 0 aliphatic heterocycles. The molecule has 1 heterocycles. The average molecular weight is 524 g/mol. The number of methoxy groups -OCH3 is 1. The Balaban J connectivity index is 1.53. The molecule has 196 valence electrons. The van der Waals surface area contributed by atoms with Gasteiger partial charge in [0.25, 0.3) is 5.91 Å². The van der Waals surface area contributed by atoms with Gasteiger partial charge in [0.2, 0.25) is 5.91 Å². The van der Waals surface area contributed by atoms with E-state index in [9.17, 15) is 14.0 Å². The van der Waals surface area contributed by atoms with Crippen LogP contribution >= 0.6 is 0 Å². The van der Waals surface area contributed by atoms with Gasteiger partial charge < -0.3 is 15.0 Å². The van der Waals surface area contributed by atoms with Crippen LogP contribution in [0.4, 0.5) is 10.1 Å². The van der Waals surface area contributed by atoms with Crippen molar-refractivity contribution in [2.75, 3.05) is 12.4 Å². The van der Waals surface area contributed by atoms with Gasteiger partial charge in [-0.15, -0.1) is 5.10 Å². The Bertz CT molecular complexity index is 1590. The number of benzene rings is 4. The summed E-state index contributed by atoms with van der Waals surface area (Å²) in [6.45, 7) is -0.318. The van der Waals surface area contributed by atoms with Crippen LogP contribution in [0.5, 0.6) is 5.75 Å². The SMILES string of the molecule is COc1ccc(NC(=O)C(c2ccccc2)N(Cc2ccccc2F)C(=O)Cn2nnc3ccccc32)cc1. The molecule has 1 N–H and O–H groups in total. The van der Waals surface area contributed by atoms with Gasteiger partial charge in [-0.25, -0.2) is 9.07 Å². The third-order valence-corrected chi connectivity index (χ3v) is 6.36. The van der Waals surface area contributed by atoms with Gasteiger partial charge in [0, 0.05) is 17.8 Å². The van der Waals surface area contributed by atoms with Crippen LogP contribution in [0.15, 0.2) is 103 Å². The molecular weight excluding hydrogens is 497 g/mol. The number of para-hydroxylation sites is 1. The van der Waals surface area contributed by atoms with Crippen molar-refractivity contribution in [3.63, 3.8) is 0 Å². The largest absolute Gasteiger partial charge is 0.497 e. The smallest absolute Gasteiger partial charge is 0.251 e. The summed E-state index contributed by atoms with van der Waals surface area (Å²) in [6, 6.07) is 28.3. The van der Waals surface area contributed by atoms with Gasteiger partial charge in [-0.05, 0) is 48.0 Å². The number of rotatable bonds is 9. The summed E-state index contributed by atoms with van der Waals surface area (Å²) >= 11 is 0. The van der Waals surface area contributed by atoms with Gasteiger partial charge >= 0.3 is 0 Å². The maximum absolute atomic E-state index is 14.8. The highest BCUT2D eigenvalue weighted by Gasteiger charge is 2.32. The topological polar surface area (TPSA) is 89.4 Å². The maximum atomic E-state index is 14.8. The first-order valence-electron chi connectivity index (χ1n) is 12.3. The molecule has 1 aromatic heterocycles. The first-order valence-corrected chi connectivity index (χ1v) is 12.3. The number of carbonyl (C=O) groups is 2. The number of carbonyl (C=O) groups excluding carboxylic acids is 2. The molecule has 0 radical (unpaired) electrons. The fraction of sp³-hybridized carbons (Fsp3) is 0.133. The van der Waals surface area contributed by atoms with Crippen molar-refractivity contribution >= 4 is 28.5 Å². The lowest BCUT2D eigenvalue weighted by molar-refractivity contribution is -0.140. The molecule has 39 heavy (non-hydrogen) atoms. The summed E-state index contributed by atoms with van der Waals surface area (Å²) in [7, 11) is 1.56. The number of amides is 2. The summed E-state index contributed by atoms with van der Waals surface area (Å²) in [5, 5.41) is 11.2. The molecule has 1 atom stereocenters. The van der Waals surface area contributed by atoms with Crippen LogP contribution < -0.4 is 10.1 Å². The predicted octanol–water partition coefficient (Wildman–Crippen LogP) is 4.99. The zero-order valence-corrected chi connectivity index (χ0v) is 21.2. The van der Waals surface area contributed by atoms with E-state index in [0.717, 1.165) is 0 Å². The summed E-state index contributed by atoms with van der Waals surface area (Å²) in [5.41, 5.74) is 2.71. The van der Waals surface area contributed by atoms with Crippen molar-refractivity contribution in [2.45, 2.75) is 19.1 Å². The number of fused-ring (bicyclic) bond motifs is 1. The Hall–Kier alpha value is -5.05. The first kappa shape index (κ1) is 25.6. The Morgan fingerprint density at radius 2 is 1.62 bits per heavy atom. The number of nitrogens with one attached hydrogen (secondary N) is 1. The number of ether oxygens (including phenoxy) is 1. The van der Waals surface area contributed by atoms with Gasteiger partial charge in [0.1, 0.15) is 29.7 Å². The van der Waals surface area contributed by atoms with Crippen LogP contribution in [0.1, 0.15) is 17.2 Å². The standard InChI is InChI=1S/C30H26FN5O3/c1-39-24-17-15-23(16-18-24)32-30(38)29(21-9-3-2-4-10-21)35(19-22-11-5-6-12-25(22)31)28(37)20-36-27-14-8-7-13-26(27)33-34-36/h2-18,29H,19-20H2,1H3,(H,32,38). The Labute approximate surface area is 224 Å². The minimum Gasteiger partial charge on any atom is -0.497 e. The first-order chi connectivity index (χ1) is 19.0. The fourth-order valence-electron chi connectivity index (χ4n) is 4.38. The zero-order chi connectivity index (χ0) is 27.2. The molecule has 0 aliphatic carbocycles. The van der Waals surface area contributed by atoms with E-state index >= 15 is 0 Å². The summed E-state index contributed by atoms with van der Waals surface area (Å²) in [4.78, 5) is 29.2. The molecule has 0 bridgehead atoms. The van der Waals surface area contributed by atoms with Gasteiger partial charge in [-0.3, -0.25) is 9.59 Å². The average Bonchev–Trinajstić information content (AvgIpc) is 3.37. The van der Waals surface area contributed by atoms with Crippen molar-refractivity contribution < 1.29 is 18.7 Å². The Morgan fingerprint density at radius 3 is 2.36 bits per heavy atom. The van der Waals surface area contributed by atoms with E-state index in [4.69, 9.17) is 4.74 Å². The van der Waals surface area contributed by atoms with Crippen molar-refractivity contribution in [3.05, 3.63) is 120 Å². The lowest BCUT2D eigenvalue weighted by atomic mass is 10.0. The third-order valence-electron chi connectivity index (χ3n) is 6.36. The summed E-state index contributed by atoms with van der Waals surface area (Å²) < 4.78 is 21.5.